The van der Waals surface area contributed by atoms with Gasteiger partial charge in [0.1, 0.15) is 0 Å². The van der Waals surface area contributed by atoms with E-state index in [1.165, 1.54) is 40.9 Å². The van der Waals surface area contributed by atoms with Crippen molar-refractivity contribution in [1.82, 2.24) is 0 Å². The highest BCUT2D eigenvalue weighted by Gasteiger charge is 1.91. The number of rotatable bonds is 10. The molecular weight excluding hydrogens is 236 g/mol. The Morgan fingerprint density at radius 3 is 1.69 bits per heavy atom. The highest BCUT2D eigenvalue weighted by Crippen LogP contribution is 2.10. The van der Waals surface area contributed by atoms with Crippen LogP contribution in [-0.2, 0) is 0 Å². The third-order valence-electron chi connectivity index (χ3n) is 1.33. The van der Waals surface area contributed by atoms with Gasteiger partial charge in [-0.15, -0.1) is 0 Å². The lowest BCUT2D eigenvalue weighted by atomic mass is 10.6. The molecule has 0 radical (unpaired) electrons. The van der Waals surface area contributed by atoms with E-state index in [4.69, 9.17) is 0 Å². The number of thiol groups is 1. The topological polar surface area (TPSA) is 0 Å². The molecule has 0 aromatic heterocycles. The predicted octanol–water partition coefficient (Wildman–Crippen LogP) is 3.53. The minimum atomic E-state index is 1.02. The summed E-state index contributed by atoms with van der Waals surface area (Å²) >= 11 is 10.4. The highest BCUT2D eigenvalue weighted by atomic mass is 32.2. The van der Waals surface area contributed by atoms with Crippen LogP contribution in [0.5, 0.6) is 0 Å². The molecule has 0 aliphatic heterocycles. The van der Waals surface area contributed by atoms with Crippen LogP contribution in [0.2, 0.25) is 0 Å². The summed E-state index contributed by atoms with van der Waals surface area (Å²) in [7, 11) is 0. The van der Waals surface area contributed by atoms with Crippen molar-refractivity contribution in [2.45, 2.75) is 13.3 Å². The summed E-state index contributed by atoms with van der Waals surface area (Å²) in [5.74, 6) is 8.81. The molecule has 0 aromatic carbocycles. The summed E-state index contributed by atoms with van der Waals surface area (Å²) < 4.78 is 0. The monoisotopic (exact) mass is 256 g/mol. The maximum absolute atomic E-state index is 4.17. The first-order valence-electron chi connectivity index (χ1n) is 4.76. The van der Waals surface area contributed by atoms with Gasteiger partial charge in [0.15, 0.2) is 0 Å². The SMILES string of the molecule is CCCSCCSCCSCCS. The van der Waals surface area contributed by atoms with Gasteiger partial charge in [0.2, 0.25) is 0 Å². The van der Waals surface area contributed by atoms with E-state index in [1.807, 2.05) is 11.8 Å². The van der Waals surface area contributed by atoms with Crippen molar-refractivity contribution in [1.29, 1.82) is 0 Å². The first-order valence-corrected chi connectivity index (χ1v) is 8.85. The van der Waals surface area contributed by atoms with Gasteiger partial charge in [-0.2, -0.15) is 47.9 Å². The van der Waals surface area contributed by atoms with Crippen LogP contribution in [0.4, 0.5) is 0 Å². The van der Waals surface area contributed by atoms with E-state index in [2.05, 4.69) is 43.1 Å². The third kappa shape index (κ3) is 13.4. The molecule has 0 heterocycles. The molecule has 13 heavy (non-hydrogen) atoms. The average Bonchev–Trinajstić information content (AvgIpc) is 2.16. The van der Waals surface area contributed by atoms with Gasteiger partial charge in [-0.3, -0.25) is 0 Å². The zero-order chi connectivity index (χ0) is 9.78. The van der Waals surface area contributed by atoms with Gasteiger partial charge >= 0.3 is 0 Å². The molecular formula is C9H20S4. The van der Waals surface area contributed by atoms with Gasteiger partial charge < -0.3 is 0 Å². The summed E-state index contributed by atoms with van der Waals surface area (Å²) in [5.41, 5.74) is 0. The van der Waals surface area contributed by atoms with Crippen molar-refractivity contribution < 1.29 is 0 Å². The molecule has 0 N–H and O–H groups in total. The lowest BCUT2D eigenvalue weighted by Gasteiger charge is -2.00. The lowest BCUT2D eigenvalue weighted by Crippen LogP contribution is -1.91. The largest absolute Gasteiger partial charge is 0.179 e. The molecule has 0 nitrogen and oxygen atoms in total. The fourth-order valence-electron chi connectivity index (χ4n) is 0.751. The van der Waals surface area contributed by atoms with Crippen LogP contribution in [-0.4, -0.2) is 40.3 Å². The van der Waals surface area contributed by atoms with E-state index >= 15 is 0 Å². The van der Waals surface area contributed by atoms with Gasteiger partial charge in [0.25, 0.3) is 0 Å². The minimum absolute atomic E-state index is 1.02. The van der Waals surface area contributed by atoms with Gasteiger partial charge in [0.05, 0.1) is 0 Å². The van der Waals surface area contributed by atoms with E-state index in [-0.39, 0.29) is 0 Å². The standard InChI is InChI=1S/C9H20S4/c1-2-4-11-6-8-13-9-7-12-5-3-10/h10H,2-9H2,1H3. The molecule has 0 saturated heterocycles. The quantitative estimate of drug-likeness (QED) is 0.469. The van der Waals surface area contributed by atoms with Crippen molar-refractivity contribution in [3.8, 4) is 0 Å². The fraction of sp³-hybridized carbons (Fsp3) is 1.00. The number of hydrogen-bond acceptors (Lipinski definition) is 4. The molecule has 80 valence electrons. The van der Waals surface area contributed by atoms with Crippen LogP contribution in [0, 0.1) is 0 Å². The first kappa shape index (κ1) is 14.4. The minimum Gasteiger partial charge on any atom is -0.179 e. The Labute approximate surface area is 101 Å². The molecule has 0 bridgehead atoms. The zero-order valence-electron chi connectivity index (χ0n) is 8.33. The predicted molar refractivity (Wildman–Crippen MR) is 76.1 cm³/mol. The summed E-state index contributed by atoms with van der Waals surface area (Å²) in [6, 6.07) is 0. The molecule has 0 aromatic rings. The van der Waals surface area contributed by atoms with Gasteiger partial charge in [-0.05, 0) is 17.9 Å². The molecule has 0 saturated carbocycles. The van der Waals surface area contributed by atoms with E-state index in [0.29, 0.717) is 0 Å². The highest BCUT2D eigenvalue weighted by molar-refractivity contribution is 8.04. The van der Waals surface area contributed by atoms with Crippen LogP contribution < -0.4 is 0 Å². The van der Waals surface area contributed by atoms with E-state index in [1.54, 1.807) is 0 Å². The molecule has 4 heteroatoms. The summed E-state index contributed by atoms with van der Waals surface area (Å²) in [4.78, 5) is 0. The smallest absolute Gasteiger partial charge is 0.00238 e. The Bertz CT molecular complexity index is 77.7. The zero-order valence-corrected chi connectivity index (χ0v) is 11.7. The Morgan fingerprint density at radius 1 is 0.769 bits per heavy atom. The summed E-state index contributed by atoms with van der Waals surface area (Å²) in [6.45, 7) is 2.24. The molecule has 0 atom stereocenters. The molecule has 0 aliphatic carbocycles. The molecule has 0 fully saturated rings. The molecule has 0 aliphatic rings. The molecule has 0 spiro atoms. The average molecular weight is 257 g/mol. The van der Waals surface area contributed by atoms with Crippen molar-refractivity contribution in [2.24, 2.45) is 0 Å². The van der Waals surface area contributed by atoms with Crippen LogP contribution in [0.3, 0.4) is 0 Å². The Balaban J connectivity index is 2.76. The van der Waals surface area contributed by atoms with Crippen molar-refractivity contribution >= 4 is 47.9 Å². The maximum Gasteiger partial charge on any atom is 0.00238 e. The van der Waals surface area contributed by atoms with Crippen LogP contribution in [0.15, 0.2) is 0 Å². The Kier molecular flexibility index (Phi) is 14.8. The van der Waals surface area contributed by atoms with Crippen LogP contribution in [0.1, 0.15) is 13.3 Å². The fourth-order valence-corrected chi connectivity index (χ4v) is 4.05. The van der Waals surface area contributed by atoms with Gasteiger partial charge in [0, 0.05) is 28.8 Å². The van der Waals surface area contributed by atoms with Crippen LogP contribution in [0.25, 0.3) is 0 Å². The third-order valence-corrected chi connectivity index (χ3v) is 5.53. The second kappa shape index (κ2) is 13.4. The second-order valence-electron chi connectivity index (χ2n) is 2.56. The number of thioether (sulfide) groups is 3. The maximum atomic E-state index is 4.17. The van der Waals surface area contributed by atoms with Crippen molar-refractivity contribution in [2.75, 3.05) is 40.3 Å². The van der Waals surface area contributed by atoms with Crippen molar-refractivity contribution in [3.63, 3.8) is 0 Å². The Hall–Kier alpha value is 1.40. The summed E-state index contributed by atoms with van der Waals surface area (Å²) in [5, 5.41) is 0. The van der Waals surface area contributed by atoms with E-state index < -0.39 is 0 Å². The van der Waals surface area contributed by atoms with Gasteiger partial charge in [-0.1, -0.05) is 6.92 Å². The first-order chi connectivity index (χ1) is 6.41. The van der Waals surface area contributed by atoms with Crippen LogP contribution >= 0.6 is 47.9 Å². The van der Waals surface area contributed by atoms with E-state index in [0.717, 1.165) is 5.75 Å². The van der Waals surface area contributed by atoms with Crippen molar-refractivity contribution in [3.05, 3.63) is 0 Å². The van der Waals surface area contributed by atoms with E-state index in [9.17, 15) is 0 Å². The molecule has 0 unspecified atom stereocenters. The number of hydrogen-bond donors (Lipinski definition) is 1. The molecule has 0 amide bonds. The van der Waals surface area contributed by atoms with Gasteiger partial charge in [-0.25, -0.2) is 0 Å². The summed E-state index contributed by atoms with van der Waals surface area (Å²) in [6.07, 6.45) is 1.31. The molecule has 0 rings (SSSR count). The normalized spacial score (nSPS) is 10.6. The Morgan fingerprint density at radius 2 is 1.23 bits per heavy atom. The second-order valence-corrected chi connectivity index (χ2v) is 6.68. The lowest BCUT2D eigenvalue weighted by molar-refractivity contribution is 1.11.